The summed E-state index contributed by atoms with van der Waals surface area (Å²) in [7, 11) is -2.25. The summed E-state index contributed by atoms with van der Waals surface area (Å²) >= 11 is 0. The fourth-order valence-electron chi connectivity index (χ4n) is 0.912. The Morgan fingerprint density at radius 1 is 0.917 bits per heavy atom. The first-order valence-corrected chi connectivity index (χ1v) is 6.32. The molecule has 0 saturated heterocycles. The Balaban J connectivity index is -0.000000500. The van der Waals surface area contributed by atoms with E-state index in [-0.39, 0.29) is 31.0 Å². The van der Waals surface area contributed by atoms with Crippen molar-refractivity contribution in [3.05, 3.63) is 0 Å². The number of hydrogen-bond donors (Lipinski definition) is 0. The molecule has 0 amide bonds. The van der Waals surface area contributed by atoms with Gasteiger partial charge in [0.05, 0.1) is 0 Å². The zero-order chi connectivity index (χ0) is 8.74. The molecule has 0 aromatic carbocycles. The minimum Gasteiger partial charge on any atom is -1.00 e. The SMILES string of the molecule is CCO[Si](C)(OCC)OCC.[H-].[Na+]. The molecule has 0 fully saturated rings. The molecule has 3 nitrogen and oxygen atoms in total. The topological polar surface area (TPSA) is 27.7 Å². The maximum absolute atomic E-state index is 5.40. The molecule has 0 aromatic rings. The summed E-state index contributed by atoms with van der Waals surface area (Å²) in [6.45, 7) is 9.73. The second kappa shape index (κ2) is 8.68. The summed E-state index contributed by atoms with van der Waals surface area (Å²) in [4.78, 5) is 0. The molecule has 12 heavy (non-hydrogen) atoms. The molecule has 0 aliphatic rings. The molecule has 0 aliphatic carbocycles. The van der Waals surface area contributed by atoms with Crippen LogP contribution < -0.4 is 29.6 Å². The van der Waals surface area contributed by atoms with Crippen LogP contribution in [-0.2, 0) is 13.3 Å². The van der Waals surface area contributed by atoms with E-state index in [1.165, 1.54) is 0 Å². The van der Waals surface area contributed by atoms with Crippen LogP contribution >= 0.6 is 0 Å². The Morgan fingerprint density at radius 3 is 1.33 bits per heavy atom. The van der Waals surface area contributed by atoms with E-state index in [1.807, 2.05) is 27.3 Å². The van der Waals surface area contributed by atoms with E-state index in [1.54, 1.807) is 0 Å². The van der Waals surface area contributed by atoms with Gasteiger partial charge >= 0.3 is 38.4 Å². The van der Waals surface area contributed by atoms with Crippen molar-refractivity contribution in [2.45, 2.75) is 27.3 Å². The van der Waals surface area contributed by atoms with Crippen molar-refractivity contribution >= 4 is 8.80 Å². The predicted molar refractivity (Wildman–Crippen MR) is 47.6 cm³/mol. The minimum atomic E-state index is -2.25. The van der Waals surface area contributed by atoms with Crippen LogP contribution in [0.1, 0.15) is 22.2 Å². The quantitative estimate of drug-likeness (QED) is 0.505. The van der Waals surface area contributed by atoms with Crippen LogP contribution in [0, 0.1) is 0 Å². The zero-order valence-electron chi connectivity index (χ0n) is 9.85. The van der Waals surface area contributed by atoms with Gasteiger partial charge in [-0.15, -0.1) is 0 Å². The van der Waals surface area contributed by atoms with Crippen molar-refractivity contribution in [3.8, 4) is 0 Å². The summed E-state index contributed by atoms with van der Waals surface area (Å²) in [6, 6.07) is 0. The van der Waals surface area contributed by atoms with Gasteiger partial charge in [-0.2, -0.15) is 0 Å². The molecule has 0 aliphatic heterocycles. The standard InChI is InChI=1S/C7H18O3Si.Na.H/c1-5-8-11(4,9-6-2)10-7-3;;/h5-7H2,1-4H3;;/q;+1;-1. The predicted octanol–water partition coefficient (Wildman–Crippen LogP) is -1.22. The average molecular weight is 202 g/mol. The molecular formula is C7H19NaO3Si. The first-order chi connectivity index (χ1) is 5.18. The van der Waals surface area contributed by atoms with E-state index in [0.29, 0.717) is 19.8 Å². The Bertz CT molecular complexity index is 90.7. The third-order valence-corrected chi connectivity index (χ3v) is 3.66. The maximum atomic E-state index is 5.40. The number of rotatable bonds is 6. The molecule has 0 saturated carbocycles. The third-order valence-electron chi connectivity index (χ3n) is 1.22. The summed E-state index contributed by atoms with van der Waals surface area (Å²) in [5.41, 5.74) is 0. The van der Waals surface area contributed by atoms with Crippen molar-refractivity contribution in [1.82, 2.24) is 0 Å². The second-order valence-corrected chi connectivity index (χ2v) is 4.75. The van der Waals surface area contributed by atoms with Crippen LogP contribution in [0.5, 0.6) is 0 Å². The van der Waals surface area contributed by atoms with Crippen LogP contribution in [-0.4, -0.2) is 28.6 Å². The van der Waals surface area contributed by atoms with Gasteiger partial charge in [0.2, 0.25) is 0 Å². The van der Waals surface area contributed by atoms with E-state index < -0.39 is 8.80 Å². The summed E-state index contributed by atoms with van der Waals surface area (Å²) in [6.07, 6.45) is 0. The molecule has 0 heterocycles. The van der Waals surface area contributed by atoms with Gasteiger partial charge in [0, 0.05) is 26.4 Å². The average Bonchev–Trinajstić information content (AvgIpc) is 1.88. The largest absolute Gasteiger partial charge is 1.00 e. The number of hydrogen-bond acceptors (Lipinski definition) is 3. The Morgan fingerprint density at radius 2 is 1.17 bits per heavy atom. The van der Waals surface area contributed by atoms with Crippen LogP contribution in [0.4, 0.5) is 0 Å². The third kappa shape index (κ3) is 6.60. The van der Waals surface area contributed by atoms with Crippen molar-refractivity contribution in [2.24, 2.45) is 0 Å². The summed E-state index contributed by atoms with van der Waals surface area (Å²) in [5, 5.41) is 0. The fourth-order valence-corrected chi connectivity index (χ4v) is 2.73. The van der Waals surface area contributed by atoms with E-state index in [2.05, 4.69) is 0 Å². The van der Waals surface area contributed by atoms with Gasteiger partial charge in [0.1, 0.15) is 0 Å². The Labute approximate surface area is 99.9 Å². The van der Waals surface area contributed by atoms with Crippen LogP contribution in [0.15, 0.2) is 0 Å². The molecular weight excluding hydrogens is 183 g/mol. The monoisotopic (exact) mass is 202 g/mol. The summed E-state index contributed by atoms with van der Waals surface area (Å²) in [5.74, 6) is 0. The first kappa shape index (κ1) is 15.6. The minimum absolute atomic E-state index is 0. The van der Waals surface area contributed by atoms with Gasteiger partial charge in [-0.3, -0.25) is 0 Å². The Kier molecular flexibility index (Phi) is 11.3. The van der Waals surface area contributed by atoms with Gasteiger partial charge in [-0.05, 0) is 20.8 Å². The fraction of sp³-hybridized carbons (Fsp3) is 1.00. The molecule has 0 spiro atoms. The van der Waals surface area contributed by atoms with Crippen molar-refractivity contribution < 1.29 is 44.3 Å². The molecule has 0 unspecified atom stereocenters. The van der Waals surface area contributed by atoms with Crippen LogP contribution in [0.25, 0.3) is 0 Å². The maximum Gasteiger partial charge on any atom is 1.00 e. The van der Waals surface area contributed by atoms with Crippen molar-refractivity contribution in [1.29, 1.82) is 0 Å². The molecule has 0 radical (unpaired) electrons. The molecule has 0 bridgehead atoms. The van der Waals surface area contributed by atoms with Gasteiger partial charge in [-0.1, -0.05) is 0 Å². The van der Waals surface area contributed by atoms with Crippen LogP contribution in [0.2, 0.25) is 6.55 Å². The van der Waals surface area contributed by atoms with Crippen molar-refractivity contribution in [2.75, 3.05) is 19.8 Å². The normalized spacial score (nSPS) is 11.0. The van der Waals surface area contributed by atoms with Gasteiger partial charge in [0.15, 0.2) is 0 Å². The van der Waals surface area contributed by atoms with Crippen molar-refractivity contribution in [3.63, 3.8) is 0 Å². The summed E-state index contributed by atoms with van der Waals surface area (Å²) < 4.78 is 16.2. The molecule has 0 N–H and O–H groups in total. The van der Waals surface area contributed by atoms with E-state index in [0.717, 1.165) is 0 Å². The smallest absolute Gasteiger partial charge is 1.00 e. The van der Waals surface area contributed by atoms with Gasteiger partial charge < -0.3 is 14.7 Å². The molecule has 0 aromatic heterocycles. The zero-order valence-corrected chi connectivity index (χ0v) is 11.8. The van der Waals surface area contributed by atoms with Gasteiger partial charge in [-0.25, -0.2) is 0 Å². The Hall–Kier alpha value is 1.10. The van der Waals surface area contributed by atoms with E-state index in [4.69, 9.17) is 13.3 Å². The second-order valence-electron chi connectivity index (χ2n) is 2.16. The van der Waals surface area contributed by atoms with E-state index in [9.17, 15) is 0 Å². The molecule has 0 atom stereocenters. The van der Waals surface area contributed by atoms with Crippen LogP contribution in [0.3, 0.4) is 0 Å². The molecule has 5 heteroatoms. The molecule has 70 valence electrons. The van der Waals surface area contributed by atoms with E-state index >= 15 is 0 Å². The van der Waals surface area contributed by atoms with Gasteiger partial charge in [0.25, 0.3) is 0 Å². The molecule has 0 rings (SSSR count). The first-order valence-electron chi connectivity index (χ1n) is 4.10.